The fourth-order valence-corrected chi connectivity index (χ4v) is 1.66. The first-order valence-electron chi connectivity index (χ1n) is 6.56. The van der Waals surface area contributed by atoms with E-state index < -0.39 is 0 Å². The Morgan fingerprint density at radius 1 is 1.15 bits per heavy atom. The number of carbonyl (C=O) groups is 2. The minimum atomic E-state index is -0.361. The lowest BCUT2D eigenvalue weighted by molar-refractivity contribution is -0.123. The summed E-state index contributed by atoms with van der Waals surface area (Å²) in [6, 6.07) is 7.69. The van der Waals surface area contributed by atoms with Gasteiger partial charge < -0.3 is 10.6 Å². The average Bonchev–Trinajstić information content (AvgIpc) is 2.28. The van der Waals surface area contributed by atoms with E-state index in [4.69, 9.17) is 0 Å². The maximum Gasteiger partial charge on any atom is 0.268 e. The molecule has 0 atom stereocenters. The zero-order valence-electron chi connectivity index (χ0n) is 12.7. The molecule has 0 aliphatic rings. The molecule has 108 valence electrons. The van der Waals surface area contributed by atoms with Crippen molar-refractivity contribution in [3.63, 3.8) is 0 Å². The van der Waals surface area contributed by atoms with E-state index in [1.807, 2.05) is 52.0 Å². The molecule has 0 saturated carbocycles. The standard InChI is InChI=1S/C16H22N2O2/c1-11-8-6-7-9-13(11)10-14(17-12(2)19)15(20)18-16(3,4)5/h6-10H,1-5H3,(H,17,19)(H,18,20)/b14-10+. The van der Waals surface area contributed by atoms with Gasteiger partial charge in [0.15, 0.2) is 0 Å². The van der Waals surface area contributed by atoms with E-state index >= 15 is 0 Å². The van der Waals surface area contributed by atoms with E-state index in [1.165, 1.54) is 6.92 Å². The quantitative estimate of drug-likeness (QED) is 0.831. The third kappa shape index (κ3) is 5.26. The van der Waals surface area contributed by atoms with E-state index in [2.05, 4.69) is 10.6 Å². The van der Waals surface area contributed by atoms with Crippen LogP contribution >= 0.6 is 0 Å². The zero-order valence-corrected chi connectivity index (χ0v) is 12.7. The number of benzene rings is 1. The van der Waals surface area contributed by atoms with E-state index in [1.54, 1.807) is 6.08 Å². The Bertz CT molecular complexity index is 540. The van der Waals surface area contributed by atoms with Gasteiger partial charge in [-0.1, -0.05) is 24.3 Å². The van der Waals surface area contributed by atoms with Gasteiger partial charge in [0.05, 0.1) is 0 Å². The third-order valence-corrected chi connectivity index (χ3v) is 2.53. The van der Waals surface area contributed by atoms with Crippen molar-refractivity contribution < 1.29 is 9.59 Å². The van der Waals surface area contributed by atoms with E-state index in [-0.39, 0.29) is 23.1 Å². The number of amides is 2. The van der Waals surface area contributed by atoms with Crippen molar-refractivity contribution in [2.24, 2.45) is 0 Å². The van der Waals surface area contributed by atoms with Crippen LogP contribution in [0.15, 0.2) is 30.0 Å². The predicted octanol–water partition coefficient (Wildman–Crippen LogP) is 2.39. The van der Waals surface area contributed by atoms with E-state index in [0.29, 0.717) is 0 Å². The first kappa shape index (κ1) is 16.0. The minimum absolute atomic E-state index is 0.252. The monoisotopic (exact) mass is 274 g/mol. The van der Waals surface area contributed by atoms with E-state index in [0.717, 1.165) is 11.1 Å². The average molecular weight is 274 g/mol. The normalized spacial score (nSPS) is 11.9. The van der Waals surface area contributed by atoms with Gasteiger partial charge >= 0.3 is 0 Å². The van der Waals surface area contributed by atoms with Crippen LogP contribution in [0.5, 0.6) is 0 Å². The Balaban J connectivity index is 3.09. The largest absolute Gasteiger partial charge is 0.346 e. The molecule has 1 aromatic carbocycles. The molecule has 0 radical (unpaired) electrons. The Kier molecular flexibility index (Phi) is 5.08. The molecule has 0 aromatic heterocycles. The highest BCUT2D eigenvalue weighted by molar-refractivity contribution is 6.01. The number of aryl methyl sites for hydroxylation is 1. The molecule has 0 saturated heterocycles. The highest BCUT2D eigenvalue weighted by Crippen LogP contribution is 2.12. The molecule has 1 rings (SSSR count). The summed E-state index contributed by atoms with van der Waals surface area (Å²) in [5.74, 6) is -0.565. The van der Waals surface area contributed by atoms with Crippen LogP contribution in [0.3, 0.4) is 0 Å². The summed E-state index contributed by atoms with van der Waals surface area (Å²) in [6.45, 7) is 9.02. The van der Waals surface area contributed by atoms with Crippen molar-refractivity contribution in [2.75, 3.05) is 0 Å². The first-order chi connectivity index (χ1) is 9.19. The van der Waals surface area contributed by atoms with Crippen molar-refractivity contribution in [1.29, 1.82) is 0 Å². The van der Waals surface area contributed by atoms with Crippen LogP contribution in [-0.2, 0) is 9.59 Å². The molecule has 2 N–H and O–H groups in total. The van der Waals surface area contributed by atoms with Gasteiger partial charge in [-0.25, -0.2) is 0 Å². The molecular weight excluding hydrogens is 252 g/mol. The van der Waals surface area contributed by atoms with Crippen molar-refractivity contribution in [3.8, 4) is 0 Å². The highest BCUT2D eigenvalue weighted by atomic mass is 16.2. The fraction of sp³-hybridized carbons (Fsp3) is 0.375. The molecule has 0 spiro atoms. The van der Waals surface area contributed by atoms with Crippen molar-refractivity contribution in [3.05, 3.63) is 41.1 Å². The fourth-order valence-electron chi connectivity index (χ4n) is 1.66. The number of hydrogen-bond acceptors (Lipinski definition) is 2. The third-order valence-electron chi connectivity index (χ3n) is 2.53. The highest BCUT2D eigenvalue weighted by Gasteiger charge is 2.18. The SMILES string of the molecule is CC(=O)N/C(=C/c1ccccc1C)C(=O)NC(C)(C)C. The number of rotatable bonds is 3. The molecule has 4 heteroatoms. The Morgan fingerprint density at radius 3 is 2.25 bits per heavy atom. The molecule has 0 heterocycles. The van der Waals surface area contributed by atoms with Gasteiger partial charge in [-0.3, -0.25) is 9.59 Å². The van der Waals surface area contributed by atoms with Crippen LogP contribution in [0.4, 0.5) is 0 Å². The van der Waals surface area contributed by atoms with Crippen LogP contribution in [-0.4, -0.2) is 17.4 Å². The van der Waals surface area contributed by atoms with Crippen molar-refractivity contribution in [2.45, 2.75) is 40.2 Å². The number of nitrogens with one attached hydrogen (secondary N) is 2. The predicted molar refractivity (Wildman–Crippen MR) is 80.9 cm³/mol. The van der Waals surface area contributed by atoms with Crippen LogP contribution in [0.2, 0.25) is 0 Å². The molecule has 0 aliphatic carbocycles. The second kappa shape index (κ2) is 6.37. The lowest BCUT2D eigenvalue weighted by Crippen LogP contribution is -2.44. The van der Waals surface area contributed by atoms with Crippen LogP contribution in [0, 0.1) is 6.92 Å². The van der Waals surface area contributed by atoms with Crippen LogP contribution < -0.4 is 10.6 Å². The summed E-state index contributed by atoms with van der Waals surface area (Å²) in [4.78, 5) is 23.5. The summed E-state index contributed by atoms with van der Waals surface area (Å²) in [6.07, 6.45) is 1.69. The maximum atomic E-state index is 12.2. The molecule has 20 heavy (non-hydrogen) atoms. The minimum Gasteiger partial charge on any atom is -0.346 e. The molecule has 1 aromatic rings. The second-order valence-electron chi connectivity index (χ2n) is 5.80. The Hall–Kier alpha value is -2.10. The lowest BCUT2D eigenvalue weighted by atomic mass is 10.1. The molecule has 0 unspecified atom stereocenters. The molecular formula is C16H22N2O2. The molecule has 0 aliphatic heterocycles. The number of hydrogen-bond donors (Lipinski definition) is 2. The Labute approximate surface area is 120 Å². The van der Waals surface area contributed by atoms with E-state index in [9.17, 15) is 9.59 Å². The molecule has 0 bridgehead atoms. The van der Waals surface area contributed by atoms with Gasteiger partial charge in [0.2, 0.25) is 5.91 Å². The van der Waals surface area contributed by atoms with Gasteiger partial charge in [0.1, 0.15) is 5.70 Å². The van der Waals surface area contributed by atoms with Crippen molar-refractivity contribution in [1.82, 2.24) is 10.6 Å². The van der Waals surface area contributed by atoms with Crippen LogP contribution in [0.1, 0.15) is 38.8 Å². The smallest absolute Gasteiger partial charge is 0.268 e. The first-order valence-corrected chi connectivity index (χ1v) is 6.56. The summed E-state index contributed by atoms with van der Waals surface area (Å²) in [5.41, 5.74) is 1.83. The summed E-state index contributed by atoms with van der Waals surface area (Å²) >= 11 is 0. The van der Waals surface area contributed by atoms with Gasteiger partial charge in [0, 0.05) is 12.5 Å². The second-order valence-corrected chi connectivity index (χ2v) is 5.80. The van der Waals surface area contributed by atoms with Gasteiger partial charge in [0.25, 0.3) is 5.91 Å². The van der Waals surface area contributed by atoms with Gasteiger partial charge in [-0.2, -0.15) is 0 Å². The zero-order chi connectivity index (χ0) is 15.3. The number of carbonyl (C=O) groups excluding carboxylic acids is 2. The van der Waals surface area contributed by atoms with Crippen LogP contribution in [0.25, 0.3) is 6.08 Å². The molecule has 4 nitrogen and oxygen atoms in total. The molecule has 0 fully saturated rings. The Morgan fingerprint density at radius 2 is 1.75 bits per heavy atom. The summed E-state index contributed by atoms with van der Waals surface area (Å²) in [5, 5.41) is 5.43. The lowest BCUT2D eigenvalue weighted by Gasteiger charge is -2.21. The summed E-state index contributed by atoms with van der Waals surface area (Å²) in [7, 11) is 0. The summed E-state index contributed by atoms with van der Waals surface area (Å²) < 4.78 is 0. The maximum absolute atomic E-state index is 12.2. The van der Waals surface area contributed by atoms with Gasteiger partial charge in [-0.05, 0) is 44.9 Å². The van der Waals surface area contributed by atoms with Crippen molar-refractivity contribution >= 4 is 17.9 Å². The topological polar surface area (TPSA) is 58.2 Å². The molecule has 2 amide bonds. The van der Waals surface area contributed by atoms with Gasteiger partial charge in [-0.15, -0.1) is 0 Å².